The predicted molar refractivity (Wildman–Crippen MR) is 93.1 cm³/mol. The third-order valence-corrected chi connectivity index (χ3v) is 3.46. The summed E-state index contributed by atoms with van der Waals surface area (Å²) in [5.74, 6) is -0.741. The third-order valence-electron chi connectivity index (χ3n) is 3.46. The molecule has 0 saturated heterocycles. The first-order chi connectivity index (χ1) is 12.3. The molecule has 2 aromatic rings. The van der Waals surface area contributed by atoms with Crippen molar-refractivity contribution in [1.82, 2.24) is 0 Å². The Labute approximate surface area is 147 Å². The van der Waals surface area contributed by atoms with Crippen LogP contribution in [0.5, 0.6) is 0 Å². The first kappa shape index (κ1) is 18.3. The Balaban J connectivity index is 2.26. The van der Waals surface area contributed by atoms with E-state index in [1.54, 1.807) is 13.0 Å². The van der Waals surface area contributed by atoms with E-state index in [0.717, 1.165) is 0 Å². The number of nitrogens with one attached hydrogen (secondary N) is 1. The summed E-state index contributed by atoms with van der Waals surface area (Å²) in [5.41, 5.74) is 0.689. The quantitative estimate of drug-likeness (QED) is 0.379. The molecule has 2 aromatic carbocycles. The summed E-state index contributed by atoms with van der Waals surface area (Å²) in [4.78, 5) is 32.6. The topological polar surface area (TPSA) is 139 Å². The Morgan fingerprint density at radius 2 is 1.65 bits per heavy atom. The number of aryl methyl sites for hydroxylation is 1. The van der Waals surface area contributed by atoms with Crippen molar-refractivity contribution in [3.63, 3.8) is 0 Å². The van der Waals surface area contributed by atoms with Crippen LogP contribution in [0.2, 0.25) is 0 Å². The average molecular weight is 352 g/mol. The van der Waals surface area contributed by atoms with Crippen LogP contribution in [0, 0.1) is 38.5 Å². The summed E-state index contributed by atoms with van der Waals surface area (Å²) < 4.78 is 0. The van der Waals surface area contributed by atoms with Gasteiger partial charge in [0.1, 0.15) is 11.6 Å². The third kappa shape index (κ3) is 4.27. The van der Waals surface area contributed by atoms with Gasteiger partial charge >= 0.3 is 0 Å². The van der Waals surface area contributed by atoms with Gasteiger partial charge in [0, 0.05) is 24.3 Å². The molecular weight excluding hydrogens is 340 g/mol. The zero-order valence-electron chi connectivity index (χ0n) is 13.5. The Kier molecular flexibility index (Phi) is 5.40. The molecular formula is C17H12N4O5. The van der Waals surface area contributed by atoms with Gasteiger partial charge in [-0.2, -0.15) is 5.26 Å². The highest BCUT2D eigenvalue weighted by molar-refractivity contribution is 6.10. The fourth-order valence-corrected chi connectivity index (χ4v) is 2.06. The smallest absolute Gasteiger partial charge is 0.271 e. The molecule has 0 fully saturated rings. The Hall–Kier alpha value is -4.06. The number of hydrogen-bond acceptors (Lipinski definition) is 6. The Bertz CT molecular complexity index is 958. The molecule has 9 heteroatoms. The van der Waals surface area contributed by atoms with Crippen LogP contribution in [0.25, 0.3) is 6.08 Å². The molecule has 9 nitrogen and oxygen atoms in total. The Morgan fingerprint density at radius 3 is 2.19 bits per heavy atom. The van der Waals surface area contributed by atoms with E-state index in [9.17, 15) is 30.3 Å². The van der Waals surface area contributed by atoms with Gasteiger partial charge in [0.05, 0.1) is 15.5 Å². The number of nitriles is 1. The van der Waals surface area contributed by atoms with Gasteiger partial charge in [0.15, 0.2) is 0 Å². The summed E-state index contributed by atoms with van der Waals surface area (Å²) in [6.07, 6.45) is 1.27. The maximum atomic E-state index is 12.3. The van der Waals surface area contributed by atoms with E-state index in [0.29, 0.717) is 11.1 Å². The SMILES string of the molecule is Cc1ccc([N+](=O)[O-])cc1NC(=O)/C(C#N)=C/c1ccc([N+](=O)[O-])cc1. The highest BCUT2D eigenvalue weighted by Crippen LogP contribution is 2.22. The average Bonchev–Trinajstić information content (AvgIpc) is 2.61. The number of non-ortho nitro benzene ring substituents is 2. The summed E-state index contributed by atoms with van der Waals surface area (Å²) in [7, 11) is 0. The fraction of sp³-hybridized carbons (Fsp3) is 0.0588. The molecule has 1 N–H and O–H groups in total. The molecule has 0 unspecified atom stereocenters. The number of hydrogen-bond donors (Lipinski definition) is 1. The number of nitrogens with zero attached hydrogens (tertiary/aromatic N) is 3. The highest BCUT2D eigenvalue weighted by Gasteiger charge is 2.14. The van der Waals surface area contributed by atoms with E-state index in [2.05, 4.69) is 5.32 Å². The molecule has 0 bridgehead atoms. The first-order valence-corrected chi connectivity index (χ1v) is 7.24. The second-order valence-electron chi connectivity index (χ2n) is 5.23. The second-order valence-corrected chi connectivity index (χ2v) is 5.23. The van der Waals surface area contributed by atoms with E-state index < -0.39 is 15.8 Å². The van der Waals surface area contributed by atoms with Crippen LogP contribution in [-0.4, -0.2) is 15.8 Å². The lowest BCUT2D eigenvalue weighted by Gasteiger charge is -2.07. The maximum absolute atomic E-state index is 12.3. The van der Waals surface area contributed by atoms with Gasteiger partial charge in [0.25, 0.3) is 17.3 Å². The predicted octanol–water partition coefficient (Wildman–Crippen LogP) is 3.36. The van der Waals surface area contributed by atoms with E-state index in [4.69, 9.17) is 0 Å². The molecule has 0 atom stereocenters. The lowest BCUT2D eigenvalue weighted by atomic mass is 10.1. The molecule has 0 spiro atoms. The lowest BCUT2D eigenvalue weighted by Crippen LogP contribution is -2.14. The van der Waals surface area contributed by atoms with Gasteiger partial charge in [-0.15, -0.1) is 0 Å². The van der Waals surface area contributed by atoms with Crippen LogP contribution < -0.4 is 5.32 Å². The van der Waals surface area contributed by atoms with Gasteiger partial charge < -0.3 is 5.32 Å². The van der Waals surface area contributed by atoms with Crippen LogP contribution in [0.15, 0.2) is 48.0 Å². The van der Waals surface area contributed by atoms with Crippen molar-refractivity contribution in [2.24, 2.45) is 0 Å². The molecule has 0 aliphatic carbocycles. The molecule has 0 aromatic heterocycles. The summed E-state index contributed by atoms with van der Waals surface area (Å²) in [6, 6.07) is 11.1. The van der Waals surface area contributed by atoms with Gasteiger partial charge in [-0.1, -0.05) is 6.07 Å². The summed E-state index contributed by atoms with van der Waals surface area (Å²) in [5, 5.41) is 33.1. The van der Waals surface area contributed by atoms with Crippen molar-refractivity contribution in [3.8, 4) is 6.07 Å². The number of amides is 1. The van der Waals surface area contributed by atoms with Crippen LogP contribution in [-0.2, 0) is 4.79 Å². The molecule has 0 heterocycles. The molecule has 0 saturated carbocycles. The van der Waals surface area contributed by atoms with Crippen molar-refractivity contribution < 1.29 is 14.6 Å². The molecule has 2 rings (SSSR count). The number of carbonyl (C=O) groups excluding carboxylic acids is 1. The van der Waals surface area contributed by atoms with Gasteiger partial charge in [-0.05, 0) is 36.3 Å². The molecule has 0 aliphatic rings. The van der Waals surface area contributed by atoms with Crippen molar-refractivity contribution >= 4 is 29.0 Å². The zero-order valence-corrected chi connectivity index (χ0v) is 13.5. The number of nitro groups is 2. The zero-order chi connectivity index (χ0) is 19.3. The standard InChI is InChI=1S/C17H12N4O5/c1-11-2-5-15(21(25)26)9-16(11)19-17(22)13(10-18)8-12-3-6-14(7-4-12)20(23)24/h2-9H,1H3,(H,19,22)/b13-8+. The molecule has 130 valence electrons. The largest absolute Gasteiger partial charge is 0.321 e. The number of anilines is 1. The minimum absolute atomic E-state index is 0.114. The first-order valence-electron chi connectivity index (χ1n) is 7.24. The van der Waals surface area contributed by atoms with Crippen LogP contribution >= 0.6 is 0 Å². The number of rotatable bonds is 5. The van der Waals surface area contributed by atoms with Gasteiger partial charge in [-0.3, -0.25) is 25.0 Å². The molecule has 0 radical (unpaired) electrons. The van der Waals surface area contributed by atoms with Crippen molar-refractivity contribution in [3.05, 3.63) is 79.4 Å². The normalized spacial score (nSPS) is 10.7. The lowest BCUT2D eigenvalue weighted by molar-refractivity contribution is -0.385. The highest BCUT2D eigenvalue weighted by atomic mass is 16.6. The number of nitro benzene ring substituents is 2. The maximum Gasteiger partial charge on any atom is 0.271 e. The number of carbonyl (C=O) groups is 1. The monoisotopic (exact) mass is 352 g/mol. The van der Waals surface area contributed by atoms with Crippen molar-refractivity contribution in [1.29, 1.82) is 5.26 Å². The number of benzene rings is 2. The van der Waals surface area contributed by atoms with E-state index in [-0.39, 0.29) is 22.6 Å². The molecule has 26 heavy (non-hydrogen) atoms. The Morgan fingerprint density at radius 1 is 1.08 bits per heavy atom. The molecule has 1 amide bonds. The van der Waals surface area contributed by atoms with Gasteiger partial charge in [0.2, 0.25) is 0 Å². The van der Waals surface area contributed by atoms with E-state index in [1.807, 2.05) is 0 Å². The summed E-state index contributed by atoms with van der Waals surface area (Å²) in [6.45, 7) is 1.66. The van der Waals surface area contributed by atoms with Gasteiger partial charge in [-0.25, -0.2) is 0 Å². The van der Waals surface area contributed by atoms with Crippen molar-refractivity contribution in [2.45, 2.75) is 6.92 Å². The van der Waals surface area contributed by atoms with Crippen LogP contribution in [0.3, 0.4) is 0 Å². The van der Waals surface area contributed by atoms with E-state index >= 15 is 0 Å². The minimum atomic E-state index is -0.741. The fourth-order valence-electron chi connectivity index (χ4n) is 2.06. The summed E-state index contributed by atoms with van der Waals surface area (Å²) >= 11 is 0. The van der Waals surface area contributed by atoms with E-state index in [1.165, 1.54) is 48.5 Å². The minimum Gasteiger partial charge on any atom is -0.321 e. The van der Waals surface area contributed by atoms with Crippen LogP contribution in [0.1, 0.15) is 11.1 Å². The molecule has 0 aliphatic heterocycles. The van der Waals surface area contributed by atoms with Crippen molar-refractivity contribution in [2.75, 3.05) is 5.32 Å². The second kappa shape index (κ2) is 7.67. The van der Waals surface area contributed by atoms with Crippen LogP contribution in [0.4, 0.5) is 17.1 Å².